The molecule has 2 aliphatic rings. The highest BCUT2D eigenvalue weighted by Gasteiger charge is 2.41. The lowest BCUT2D eigenvalue weighted by molar-refractivity contribution is 0.0829. The van der Waals surface area contributed by atoms with Gasteiger partial charge in [-0.25, -0.2) is 0 Å². The van der Waals surface area contributed by atoms with E-state index in [4.69, 9.17) is 10.00 Å². The molecule has 0 unspecified atom stereocenters. The lowest BCUT2D eigenvalue weighted by Crippen LogP contribution is -2.29. The summed E-state index contributed by atoms with van der Waals surface area (Å²) in [5.74, 6) is 0.425. The molecule has 0 bridgehead atoms. The van der Waals surface area contributed by atoms with E-state index in [0.29, 0.717) is 11.5 Å². The van der Waals surface area contributed by atoms with Gasteiger partial charge in [0.2, 0.25) is 0 Å². The first-order chi connectivity index (χ1) is 10.4. The Balaban J connectivity index is 1.79. The van der Waals surface area contributed by atoms with E-state index < -0.39 is 0 Å². The van der Waals surface area contributed by atoms with Gasteiger partial charge in [0.05, 0.1) is 23.8 Å². The molecule has 0 amide bonds. The van der Waals surface area contributed by atoms with Gasteiger partial charge in [-0.3, -0.25) is 0 Å². The monoisotopic (exact) mass is 276 g/mol. The maximum atomic E-state index is 9.10. The Hall–Kier alpha value is -2.31. The molecule has 2 aliphatic heterocycles. The predicted octanol–water partition coefficient (Wildman–Crippen LogP) is 3.80. The van der Waals surface area contributed by atoms with E-state index in [2.05, 4.69) is 35.7 Å². The van der Waals surface area contributed by atoms with E-state index in [-0.39, 0.29) is 12.1 Å². The third-order valence-corrected chi connectivity index (χ3v) is 4.52. The topological polar surface area (TPSA) is 45.0 Å². The van der Waals surface area contributed by atoms with Crippen LogP contribution in [0.3, 0.4) is 0 Å². The normalized spacial score (nSPS) is 26.3. The van der Waals surface area contributed by atoms with Gasteiger partial charge in [-0.15, -0.1) is 0 Å². The molecule has 0 radical (unpaired) electrons. The molecule has 0 aromatic heterocycles. The summed E-state index contributed by atoms with van der Waals surface area (Å²) in [6.07, 6.45) is 1.15. The molecule has 1 fully saturated rings. The van der Waals surface area contributed by atoms with Crippen LogP contribution < -0.4 is 5.32 Å². The molecular weight excluding hydrogens is 260 g/mol. The maximum absolute atomic E-state index is 9.10. The summed E-state index contributed by atoms with van der Waals surface area (Å²) in [5, 5.41) is 12.7. The fourth-order valence-electron chi connectivity index (χ4n) is 3.53. The van der Waals surface area contributed by atoms with Crippen LogP contribution in [0.1, 0.15) is 35.3 Å². The number of anilines is 1. The number of fused-ring (bicyclic) bond motifs is 3. The predicted molar refractivity (Wildman–Crippen MR) is 80.8 cm³/mol. The van der Waals surface area contributed by atoms with Gasteiger partial charge in [-0.2, -0.15) is 5.26 Å². The van der Waals surface area contributed by atoms with Crippen LogP contribution in [0.4, 0.5) is 5.69 Å². The second-order valence-electron chi connectivity index (χ2n) is 5.69. The third kappa shape index (κ3) is 2.00. The van der Waals surface area contributed by atoms with Crippen molar-refractivity contribution in [2.45, 2.75) is 18.6 Å². The molecule has 1 N–H and O–H groups in total. The highest BCUT2D eigenvalue weighted by molar-refractivity contribution is 5.59. The molecule has 0 aliphatic carbocycles. The number of nitrogens with one attached hydrogen (secondary N) is 1. The first-order valence-corrected chi connectivity index (χ1v) is 7.34. The number of nitriles is 1. The van der Waals surface area contributed by atoms with Crippen LogP contribution in [0.15, 0.2) is 48.5 Å². The molecule has 2 aromatic carbocycles. The summed E-state index contributed by atoms with van der Waals surface area (Å²) in [4.78, 5) is 0. The molecule has 21 heavy (non-hydrogen) atoms. The van der Waals surface area contributed by atoms with Crippen molar-refractivity contribution in [3.8, 4) is 6.07 Å². The maximum Gasteiger partial charge on any atom is 0.0991 e. The van der Waals surface area contributed by atoms with Crippen molar-refractivity contribution in [3.05, 3.63) is 65.2 Å². The molecule has 0 saturated carbocycles. The van der Waals surface area contributed by atoms with Gasteiger partial charge in [0.25, 0.3) is 0 Å². The quantitative estimate of drug-likeness (QED) is 0.861. The lowest BCUT2D eigenvalue weighted by Gasteiger charge is -2.36. The Morgan fingerprint density at radius 3 is 2.81 bits per heavy atom. The minimum absolute atomic E-state index is 0.0970. The second kappa shape index (κ2) is 4.91. The molecule has 3 atom stereocenters. The fraction of sp³-hybridized carbons (Fsp3) is 0.278. The Labute approximate surface area is 124 Å². The first kappa shape index (κ1) is 12.4. The highest BCUT2D eigenvalue weighted by Crippen LogP contribution is 2.49. The Morgan fingerprint density at radius 2 is 2.00 bits per heavy atom. The summed E-state index contributed by atoms with van der Waals surface area (Å²) in [6, 6.07) is 18.9. The van der Waals surface area contributed by atoms with Gasteiger partial charge >= 0.3 is 0 Å². The summed E-state index contributed by atoms with van der Waals surface area (Å²) >= 11 is 0. The molecule has 3 heteroatoms. The average molecular weight is 276 g/mol. The zero-order valence-corrected chi connectivity index (χ0v) is 11.6. The van der Waals surface area contributed by atoms with Crippen LogP contribution in [0, 0.1) is 17.2 Å². The molecule has 2 aromatic rings. The number of hydrogen-bond donors (Lipinski definition) is 1. The Kier molecular flexibility index (Phi) is 2.90. The first-order valence-electron chi connectivity index (χ1n) is 7.34. The Morgan fingerprint density at radius 1 is 1.14 bits per heavy atom. The summed E-state index contributed by atoms with van der Waals surface area (Å²) in [5.41, 5.74) is 4.21. The van der Waals surface area contributed by atoms with Crippen LogP contribution in [0.25, 0.3) is 0 Å². The van der Waals surface area contributed by atoms with Crippen molar-refractivity contribution in [2.75, 3.05) is 11.9 Å². The van der Waals surface area contributed by atoms with E-state index >= 15 is 0 Å². The number of hydrogen-bond acceptors (Lipinski definition) is 3. The summed E-state index contributed by atoms with van der Waals surface area (Å²) in [6.45, 7) is 0.788. The highest BCUT2D eigenvalue weighted by atomic mass is 16.5. The van der Waals surface area contributed by atoms with Gasteiger partial charge in [0, 0.05) is 23.8 Å². The van der Waals surface area contributed by atoms with Crippen molar-refractivity contribution in [1.29, 1.82) is 5.26 Å². The van der Waals surface area contributed by atoms with Gasteiger partial charge in [-0.1, -0.05) is 30.3 Å². The summed E-state index contributed by atoms with van der Waals surface area (Å²) < 4.78 is 5.99. The van der Waals surface area contributed by atoms with Crippen molar-refractivity contribution < 1.29 is 4.74 Å². The van der Waals surface area contributed by atoms with Gasteiger partial charge < -0.3 is 10.1 Å². The lowest BCUT2D eigenvalue weighted by atomic mass is 9.80. The minimum atomic E-state index is 0.0970. The average Bonchev–Trinajstić information content (AvgIpc) is 3.04. The van der Waals surface area contributed by atoms with Gasteiger partial charge in [0.15, 0.2) is 0 Å². The van der Waals surface area contributed by atoms with Gasteiger partial charge in [-0.05, 0) is 30.2 Å². The number of nitrogens with zero attached hydrogens (tertiary/aromatic N) is 1. The van der Waals surface area contributed by atoms with Crippen LogP contribution in [0.5, 0.6) is 0 Å². The number of ether oxygens (including phenoxy) is 1. The van der Waals surface area contributed by atoms with Crippen molar-refractivity contribution in [2.24, 2.45) is 5.92 Å². The van der Waals surface area contributed by atoms with E-state index in [1.165, 1.54) is 5.56 Å². The SMILES string of the molecule is N#Cc1ccc2c(c1)[C@@H]1OCC[C@H]1[C@@H](c1ccccc1)N2. The number of rotatable bonds is 1. The third-order valence-electron chi connectivity index (χ3n) is 4.52. The van der Waals surface area contributed by atoms with Crippen LogP contribution in [-0.4, -0.2) is 6.61 Å². The summed E-state index contributed by atoms with van der Waals surface area (Å²) in [7, 11) is 0. The van der Waals surface area contributed by atoms with Gasteiger partial charge in [0.1, 0.15) is 0 Å². The zero-order chi connectivity index (χ0) is 14.2. The van der Waals surface area contributed by atoms with E-state index in [1.807, 2.05) is 24.3 Å². The van der Waals surface area contributed by atoms with Crippen molar-refractivity contribution >= 4 is 5.69 Å². The molecule has 104 valence electrons. The number of benzene rings is 2. The van der Waals surface area contributed by atoms with Crippen molar-refractivity contribution in [3.63, 3.8) is 0 Å². The van der Waals surface area contributed by atoms with Crippen molar-refractivity contribution in [1.82, 2.24) is 0 Å². The molecule has 2 heterocycles. The van der Waals surface area contributed by atoms with E-state index in [0.717, 1.165) is 24.3 Å². The molecule has 0 spiro atoms. The Bertz CT molecular complexity index is 705. The van der Waals surface area contributed by atoms with Crippen LogP contribution in [-0.2, 0) is 4.74 Å². The van der Waals surface area contributed by atoms with Crippen LogP contribution >= 0.6 is 0 Å². The molecule has 4 rings (SSSR count). The molecular formula is C18H16N2O. The fourth-order valence-corrected chi connectivity index (χ4v) is 3.53. The zero-order valence-electron chi connectivity index (χ0n) is 11.6. The standard InChI is InChI=1S/C18H16N2O/c19-11-12-6-7-16-15(10-12)18-14(8-9-21-18)17(20-16)13-4-2-1-3-5-13/h1-7,10,14,17-18,20H,8-9H2/t14-,17+,18+/m0/s1. The van der Waals surface area contributed by atoms with E-state index in [9.17, 15) is 0 Å². The second-order valence-corrected chi connectivity index (χ2v) is 5.69. The largest absolute Gasteiger partial charge is 0.378 e. The van der Waals surface area contributed by atoms with E-state index in [1.54, 1.807) is 0 Å². The smallest absolute Gasteiger partial charge is 0.0991 e. The molecule has 3 nitrogen and oxygen atoms in total. The molecule has 1 saturated heterocycles. The van der Waals surface area contributed by atoms with Crippen LogP contribution in [0.2, 0.25) is 0 Å². The minimum Gasteiger partial charge on any atom is -0.378 e.